The predicted molar refractivity (Wildman–Crippen MR) is 68.8 cm³/mol. The monoisotopic (exact) mass is 229 g/mol. The van der Waals surface area contributed by atoms with E-state index in [4.69, 9.17) is 10.2 Å². The molecule has 2 rings (SSSR count). The van der Waals surface area contributed by atoms with Gasteiger partial charge in [-0.15, -0.1) is 0 Å². The first kappa shape index (κ1) is 11.3. The van der Waals surface area contributed by atoms with Crippen LogP contribution in [0.3, 0.4) is 0 Å². The van der Waals surface area contributed by atoms with E-state index in [0.29, 0.717) is 12.5 Å². The number of benzene rings is 1. The highest BCUT2D eigenvalue weighted by atomic mass is 16.3. The summed E-state index contributed by atoms with van der Waals surface area (Å²) in [6, 6.07) is 13.5. The molecule has 1 heterocycles. The van der Waals surface area contributed by atoms with Gasteiger partial charge in [-0.2, -0.15) is 0 Å². The highest BCUT2D eigenvalue weighted by molar-refractivity contribution is 5.92. The zero-order valence-corrected chi connectivity index (χ0v) is 9.68. The summed E-state index contributed by atoms with van der Waals surface area (Å²) in [6.07, 6.45) is 0. The van der Waals surface area contributed by atoms with E-state index in [1.54, 1.807) is 0 Å². The van der Waals surface area contributed by atoms with Gasteiger partial charge in [0.05, 0.1) is 0 Å². The smallest absolute Gasteiger partial charge is 0.193 e. The maximum Gasteiger partial charge on any atom is 0.193 e. The number of nitrogens with two attached hydrogens (primary N) is 1. The first-order valence-corrected chi connectivity index (χ1v) is 5.41. The van der Waals surface area contributed by atoms with Crippen LogP contribution in [-0.2, 0) is 6.54 Å². The molecule has 0 aliphatic heterocycles. The van der Waals surface area contributed by atoms with Crippen molar-refractivity contribution in [3.8, 4) is 0 Å². The van der Waals surface area contributed by atoms with Crippen LogP contribution in [0.2, 0.25) is 0 Å². The molecule has 0 spiro atoms. The Labute approximate surface area is 100 Å². The van der Waals surface area contributed by atoms with Gasteiger partial charge >= 0.3 is 0 Å². The third-order valence-electron chi connectivity index (χ3n) is 2.25. The molecule has 0 radical (unpaired) electrons. The molecule has 88 valence electrons. The second kappa shape index (κ2) is 5.21. The number of guanidine groups is 1. The van der Waals surface area contributed by atoms with E-state index < -0.39 is 0 Å². The molecular formula is C13H15N3O. The molecule has 17 heavy (non-hydrogen) atoms. The molecular weight excluding hydrogens is 214 g/mol. The Hall–Kier alpha value is -2.23. The summed E-state index contributed by atoms with van der Waals surface area (Å²) in [6.45, 7) is 2.35. The second-order valence-corrected chi connectivity index (χ2v) is 3.70. The van der Waals surface area contributed by atoms with Gasteiger partial charge in [-0.25, -0.2) is 4.99 Å². The molecule has 0 fully saturated rings. The fourth-order valence-corrected chi connectivity index (χ4v) is 1.44. The molecule has 2 aromatic rings. The summed E-state index contributed by atoms with van der Waals surface area (Å²) < 4.78 is 5.39. The first-order chi connectivity index (χ1) is 8.24. The van der Waals surface area contributed by atoms with Crippen LogP contribution in [0.25, 0.3) is 0 Å². The molecule has 4 heteroatoms. The van der Waals surface area contributed by atoms with Crippen molar-refractivity contribution in [2.24, 2.45) is 10.7 Å². The number of aryl methyl sites for hydroxylation is 1. The van der Waals surface area contributed by atoms with E-state index in [2.05, 4.69) is 10.3 Å². The Morgan fingerprint density at radius 1 is 1.24 bits per heavy atom. The van der Waals surface area contributed by atoms with Gasteiger partial charge in [-0.1, -0.05) is 18.2 Å². The van der Waals surface area contributed by atoms with Crippen LogP contribution in [0.15, 0.2) is 51.9 Å². The normalized spacial score (nSPS) is 11.5. The lowest BCUT2D eigenvalue weighted by Gasteiger charge is -2.04. The van der Waals surface area contributed by atoms with Gasteiger partial charge in [-0.05, 0) is 31.2 Å². The van der Waals surface area contributed by atoms with Crippen molar-refractivity contribution in [3.05, 3.63) is 54.0 Å². The molecule has 0 aliphatic carbocycles. The van der Waals surface area contributed by atoms with E-state index in [0.717, 1.165) is 17.2 Å². The van der Waals surface area contributed by atoms with Crippen molar-refractivity contribution in [1.82, 2.24) is 0 Å². The molecule has 0 saturated heterocycles. The number of rotatable bonds is 3. The minimum Gasteiger partial charge on any atom is -0.464 e. The van der Waals surface area contributed by atoms with Crippen LogP contribution in [0, 0.1) is 6.92 Å². The zero-order chi connectivity index (χ0) is 12.1. The molecule has 0 unspecified atom stereocenters. The number of furan rings is 1. The number of para-hydroxylation sites is 1. The van der Waals surface area contributed by atoms with Crippen molar-refractivity contribution in [2.45, 2.75) is 13.5 Å². The Morgan fingerprint density at radius 2 is 2.00 bits per heavy atom. The Balaban J connectivity index is 1.94. The summed E-state index contributed by atoms with van der Waals surface area (Å²) in [5.41, 5.74) is 6.68. The van der Waals surface area contributed by atoms with Crippen LogP contribution in [0.1, 0.15) is 11.5 Å². The van der Waals surface area contributed by atoms with E-state index >= 15 is 0 Å². The van der Waals surface area contributed by atoms with Gasteiger partial charge in [0.25, 0.3) is 0 Å². The first-order valence-electron chi connectivity index (χ1n) is 5.41. The Kier molecular flexibility index (Phi) is 3.45. The Bertz CT molecular complexity index is 502. The summed E-state index contributed by atoms with van der Waals surface area (Å²) in [7, 11) is 0. The van der Waals surface area contributed by atoms with E-state index in [1.165, 1.54) is 0 Å². The Morgan fingerprint density at radius 3 is 2.65 bits per heavy atom. The second-order valence-electron chi connectivity index (χ2n) is 3.70. The topological polar surface area (TPSA) is 63.5 Å². The standard InChI is InChI=1S/C13H15N3O/c1-10-7-8-12(17-10)9-15-13(14)16-11-5-3-2-4-6-11/h2-8H,9H2,1H3,(H3,14,15,16). The van der Waals surface area contributed by atoms with Gasteiger partial charge in [-0.3, -0.25) is 0 Å². The van der Waals surface area contributed by atoms with E-state index in [-0.39, 0.29) is 0 Å². The van der Waals surface area contributed by atoms with Crippen LogP contribution in [0.4, 0.5) is 5.69 Å². The molecule has 0 aliphatic rings. The number of anilines is 1. The third kappa shape index (κ3) is 3.38. The maximum absolute atomic E-state index is 5.76. The van der Waals surface area contributed by atoms with E-state index in [9.17, 15) is 0 Å². The van der Waals surface area contributed by atoms with E-state index in [1.807, 2.05) is 49.4 Å². The number of hydrogen-bond acceptors (Lipinski definition) is 2. The predicted octanol–water partition coefficient (Wildman–Crippen LogP) is 2.51. The molecule has 3 N–H and O–H groups in total. The maximum atomic E-state index is 5.76. The summed E-state index contributed by atoms with van der Waals surface area (Å²) in [4.78, 5) is 4.19. The summed E-state index contributed by atoms with van der Waals surface area (Å²) in [5, 5.41) is 3.01. The van der Waals surface area contributed by atoms with Gasteiger partial charge < -0.3 is 15.5 Å². The lowest BCUT2D eigenvalue weighted by molar-refractivity contribution is 0.486. The van der Waals surface area contributed by atoms with Crippen LogP contribution < -0.4 is 11.1 Å². The summed E-state index contributed by atoms with van der Waals surface area (Å²) >= 11 is 0. The fourth-order valence-electron chi connectivity index (χ4n) is 1.44. The third-order valence-corrected chi connectivity index (χ3v) is 2.25. The highest BCUT2D eigenvalue weighted by Crippen LogP contribution is 2.08. The number of hydrogen-bond donors (Lipinski definition) is 2. The summed E-state index contributed by atoms with van der Waals surface area (Å²) in [5.74, 6) is 2.07. The molecule has 0 atom stereocenters. The molecule has 0 saturated carbocycles. The molecule has 1 aromatic heterocycles. The van der Waals surface area contributed by atoms with Crippen molar-refractivity contribution >= 4 is 11.6 Å². The number of nitrogens with zero attached hydrogens (tertiary/aromatic N) is 1. The lowest BCUT2D eigenvalue weighted by atomic mass is 10.3. The van der Waals surface area contributed by atoms with Gasteiger partial charge in [0, 0.05) is 5.69 Å². The molecule has 0 amide bonds. The minimum atomic E-state index is 0.380. The quantitative estimate of drug-likeness (QED) is 0.628. The zero-order valence-electron chi connectivity index (χ0n) is 9.68. The highest BCUT2D eigenvalue weighted by Gasteiger charge is 1.98. The van der Waals surface area contributed by atoms with Crippen LogP contribution in [-0.4, -0.2) is 5.96 Å². The fraction of sp³-hybridized carbons (Fsp3) is 0.154. The van der Waals surface area contributed by atoms with Crippen molar-refractivity contribution in [1.29, 1.82) is 0 Å². The SMILES string of the molecule is Cc1ccc(CN=C(N)Nc2ccccc2)o1. The largest absolute Gasteiger partial charge is 0.464 e. The van der Waals surface area contributed by atoms with Gasteiger partial charge in [0.15, 0.2) is 5.96 Å². The van der Waals surface area contributed by atoms with Crippen molar-refractivity contribution < 1.29 is 4.42 Å². The van der Waals surface area contributed by atoms with Gasteiger partial charge in [0.2, 0.25) is 0 Å². The minimum absolute atomic E-state index is 0.380. The number of nitrogens with one attached hydrogen (secondary N) is 1. The molecule has 0 bridgehead atoms. The number of aliphatic imine (C=N–C) groups is 1. The molecule has 4 nitrogen and oxygen atoms in total. The average Bonchev–Trinajstić information content (AvgIpc) is 2.74. The lowest BCUT2D eigenvalue weighted by Crippen LogP contribution is -2.22. The van der Waals surface area contributed by atoms with Gasteiger partial charge in [0.1, 0.15) is 18.1 Å². The average molecular weight is 229 g/mol. The van der Waals surface area contributed by atoms with Crippen molar-refractivity contribution in [3.63, 3.8) is 0 Å². The van der Waals surface area contributed by atoms with Crippen molar-refractivity contribution in [2.75, 3.05) is 5.32 Å². The van der Waals surface area contributed by atoms with Crippen LogP contribution in [0.5, 0.6) is 0 Å². The molecule has 1 aromatic carbocycles. The van der Waals surface area contributed by atoms with Crippen LogP contribution >= 0.6 is 0 Å².